The summed E-state index contributed by atoms with van der Waals surface area (Å²) < 4.78 is 0. The molecule has 0 radical (unpaired) electrons. The number of hydrogen-bond acceptors (Lipinski definition) is 2. The zero-order valence-corrected chi connectivity index (χ0v) is 8.67. The molecule has 1 aromatic heterocycles. The van der Waals surface area contributed by atoms with Crippen molar-refractivity contribution in [2.45, 2.75) is 6.42 Å². The van der Waals surface area contributed by atoms with Crippen LogP contribution in [0.4, 0.5) is 0 Å². The second-order valence-electron chi connectivity index (χ2n) is 3.28. The van der Waals surface area contributed by atoms with Gasteiger partial charge in [-0.15, -0.1) is 0 Å². The minimum Gasteiger partial charge on any atom is -0.477 e. The van der Waals surface area contributed by atoms with Crippen LogP contribution in [0.1, 0.15) is 16.1 Å². The van der Waals surface area contributed by atoms with Crippen LogP contribution in [0, 0.1) is 0 Å². The van der Waals surface area contributed by atoms with Gasteiger partial charge in [-0.05, 0) is 29.1 Å². The average molecular weight is 219 g/mol. The van der Waals surface area contributed by atoms with Crippen molar-refractivity contribution >= 4 is 34.5 Å². The summed E-state index contributed by atoms with van der Waals surface area (Å²) in [4.78, 5) is 13.6. The number of aromatic carboxylic acids is 1. The highest BCUT2D eigenvalue weighted by molar-refractivity contribution is 7.78. The van der Waals surface area contributed by atoms with E-state index in [1.165, 1.54) is 0 Å². The third-order valence-electron chi connectivity index (χ3n) is 2.23. The maximum Gasteiger partial charge on any atom is 0.352 e. The zero-order valence-electron chi connectivity index (χ0n) is 7.86. The molecular weight excluding hydrogens is 210 g/mol. The van der Waals surface area contributed by atoms with E-state index >= 15 is 0 Å². The van der Waals surface area contributed by atoms with Gasteiger partial charge in [-0.3, -0.25) is 0 Å². The van der Waals surface area contributed by atoms with E-state index in [1.54, 1.807) is 11.4 Å². The lowest BCUT2D eigenvalue weighted by Gasteiger charge is -1.95. The van der Waals surface area contributed by atoms with E-state index in [-0.39, 0.29) is 5.69 Å². The molecule has 2 aromatic rings. The topological polar surface area (TPSA) is 53.1 Å². The minimum absolute atomic E-state index is 0.213. The van der Waals surface area contributed by atoms with Crippen molar-refractivity contribution in [1.82, 2.24) is 4.98 Å². The minimum atomic E-state index is -0.942. The number of hydrogen-bond donors (Lipinski definition) is 2. The molecular formula is C11H9NO2S. The molecule has 76 valence electrons. The van der Waals surface area contributed by atoms with Crippen molar-refractivity contribution in [3.05, 3.63) is 35.5 Å². The van der Waals surface area contributed by atoms with Crippen molar-refractivity contribution in [2.75, 3.05) is 0 Å². The van der Waals surface area contributed by atoms with Gasteiger partial charge < -0.3 is 10.1 Å². The van der Waals surface area contributed by atoms with Crippen molar-refractivity contribution in [1.29, 1.82) is 0 Å². The number of carboxylic acid groups (broad SMARTS) is 1. The molecule has 2 N–H and O–H groups in total. The van der Waals surface area contributed by atoms with Crippen molar-refractivity contribution < 1.29 is 9.90 Å². The van der Waals surface area contributed by atoms with Crippen molar-refractivity contribution in [3.63, 3.8) is 0 Å². The Balaban J connectivity index is 2.51. The van der Waals surface area contributed by atoms with Crippen LogP contribution < -0.4 is 0 Å². The standard InChI is InChI=1S/C11H9NO2S/c13-11(14)10-6-8-5-7(3-4-15)1-2-9(8)12-10/h1-2,4-6,12H,3H2,(H,13,14). The van der Waals surface area contributed by atoms with Gasteiger partial charge in [-0.25, -0.2) is 4.79 Å². The van der Waals surface area contributed by atoms with Crippen LogP contribution in [-0.2, 0) is 6.42 Å². The SMILES string of the molecule is O=C(O)c1cc2cc(CC=S)ccc2[nH]1. The molecule has 0 aliphatic carbocycles. The van der Waals surface area contributed by atoms with E-state index in [2.05, 4.69) is 4.98 Å². The third-order valence-corrected chi connectivity index (χ3v) is 2.40. The van der Waals surface area contributed by atoms with Crippen LogP contribution in [0.3, 0.4) is 0 Å². The highest BCUT2D eigenvalue weighted by atomic mass is 32.1. The summed E-state index contributed by atoms with van der Waals surface area (Å²) in [6.45, 7) is 0. The van der Waals surface area contributed by atoms with Gasteiger partial charge in [0.2, 0.25) is 0 Å². The van der Waals surface area contributed by atoms with Gasteiger partial charge in [0.15, 0.2) is 0 Å². The predicted octanol–water partition coefficient (Wildman–Crippen LogP) is 2.41. The number of nitrogens with one attached hydrogen (secondary N) is 1. The summed E-state index contributed by atoms with van der Waals surface area (Å²) in [5, 5.41) is 11.4. The second-order valence-corrected chi connectivity index (χ2v) is 3.61. The molecule has 0 unspecified atom stereocenters. The molecule has 0 amide bonds. The summed E-state index contributed by atoms with van der Waals surface area (Å²) in [5.41, 5.74) is 2.14. The normalized spacial score (nSPS) is 10.4. The number of carboxylic acids is 1. The molecule has 4 heteroatoms. The monoisotopic (exact) mass is 219 g/mol. The Bertz CT molecular complexity index is 530. The van der Waals surface area contributed by atoms with Crippen LogP contribution >= 0.6 is 12.2 Å². The van der Waals surface area contributed by atoms with Gasteiger partial charge >= 0.3 is 5.97 Å². The molecule has 2 rings (SSSR count). The van der Waals surface area contributed by atoms with E-state index in [0.717, 1.165) is 22.9 Å². The Hall–Kier alpha value is -1.68. The van der Waals surface area contributed by atoms with E-state index in [1.807, 2.05) is 18.2 Å². The highest BCUT2D eigenvalue weighted by Crippen LogP contribution is 2.17. The molecule has 15 heavy (non-hydrogen) atoms. The fraction of sp³-hybridized carbons (Fsp3) is 0.0909. The van der Waals surface area contributed by atoms with Crippen LogP contribution in [0.25, 0.3) is 10.9 Å². The maximum absolute atomic E-state index is 10.7. The molecule has 0 fully saturated rings. The van der Waals surface area contributed by atoms with Crippen LogP contribution in [-0.4, -0.2) is 21.4 Å². The Morgan fingerprint density at radius 3 is 2.93 bits per heavy atom. The molecule has 0 saturated heterocycles. The van der Waals surface area contributed by atoms with E-state index in [9.17, 15) is 4.79 Å². The van der Waals surface area contributed by atoms with Gasteiger partial charge in [-0.1, -0.05) is 18.3 Å². The van der Waals surface area contributed by atoms with E-state index in [0.29, 0.717) is 0 Å². The number of rotatable bonds is 3. The van der Waals surface area contributed by atoms with Crippen LogP contribution in [0.15, 0.2) is 24.3 Å². The molecule has 1 heterocycles. The summed E-state index contributed by atoms with van der Waals surface area (Å²) in [6, 6.07) is 7.38. The smallest absolute Gasteiger partial charge is 0.352 e. The number of aromatic amines is 1. The molecule has 1 aromatic carbocycles. The highest BCUT2D eigenvalue weighted by Gasteiger charge is 2.06. The van der Waals surface area contributed by atoms with Gasteiger partial charge in [0, 0.05) is 17.3 Å². The van der Waals surface area contributed by atoms with E-state index < -0.39 is 5.97 Å². The lowest BCUT2D eigenvalue weighted by molar-refractivity contribution is 0.0691. The number of carbonyl (C=O) groups is 1. The molecule has 0 saturated carbocycles. The Kier molecular flexibility index (Phi) is 2.51. The maximum atomic E-state index is 10.7. The molecule has 3 nitrogen and oxygen atoms in total. The van der Waals surface area contributed by atoms with Crippen molar-refractivity contribution in [2.24, 2.45) is 0 Å². The Morgan fingerprint density at radius 1 is 1.47 bits per heavy atom. The molecule has 0 atom stereocenters. The number of H-pyrrole nitrogens is 1. The first kappa shape index (κ1) is 9.86. The lowest BCUT2D eigenvalue weighted by atomic mass is 10.1. The van der Waals surface area contributed by atoms with Gasteiger partial charge in [0.25, 0.3) is 0 Å². The summed E-state index contributed by atoms with van der Waals surface area (Å²) >= 11 is 4.78. The quantitative estimate of drug-likeness (QED) is 0.779. The summed E-state index contributed by atoms with van der Waals surface area (Å²) in [7, 11) is 0. The fourth-order valence-electron chi connectivity index (χ4n) is 1.52. The van der Waals surface area contributed by atoms with E-state index in [4.69, 9.17) is 17.3 Å². The Labute approximate surface area is 91.7 Å². The lowest BCUT2D eigenvalue weighted by Crippen LogP contribution is -1.94. The van der Waals surface area contributed by atoms with Crippen LogP contribution in [0.2, 0.25) is 0 Å². The van der Waals surface area contributed by atoms with Crippen molar-refractivity contribution in [3.8, 4) is 0 Å². The van der Waals surface area contributed by atoms with Crippen LogP contribution in [0.5, 0.6) is 0 Å². The van der Waals surface area contributed by atoms with Gasteiger partial charge in [0.1, 0.15) is 5.69 Å². The number of aromatic nitrogens is 1. The third kappa shape index (κ3) is 1.89. The first-order valence-electron chi connectivity index (χ1n) is 4.49. The van der Waals surface area contributed by atoms with Gasteiger partial charge in [0.05, 0.1) is 0 Å². The summed E-state index contributed by atoms with van der Waals surface area (Å²) in [5.74, 6) is -0.942. The Morgan fingerprint density at radius 2 is 2.27 bits per heavy atom. The number of thiocarbonyl (C=S) groups is 1. The average Bonchev–Trinajstić information content (AvgIpc) is 2.61. The zero-order chi connectivity index (χ0) is 10.8. The number of fused-ring (bicyclic) bond motifs is 1. The fourth-order valence-corrected chi connectivity index (χ4v) is 1.71. The largest absolute Gasteiger partial charge is 0.477 e. The van der Waals surface area contributed by atoms with Gasteiger partial charge in [-0.2, -0.15) is 0 Å². The second kappa shape index (κ2) is 3.82. The first-order chi connectivity index (χ1) is 7.20. The summed E-state index contributed by atoms with van der Waals surface area (Å²) in [6.07, 6.45) is 0.721. The molecule has 0 aliphatic rings. The predicted molar refractivity (Wildman–Crippen MR) is 62.6 cm³/mol. The molecule has 0 spiro atoms. The molecule has 0 bridgehead atoms. The molecule has 0 aliphatic heterocycles. The number of benzene rings is 1. The first-order valence-corrected chi connectivity index (χ1v) is 4.96.